The zero-order valence-electron chi connectivity index (χ0n) is 15.3. The lowest BCUT2D eigenvalue weighted by atomic mass is 9.89. The molecule has 0 spiro atoms. The van der Waals surface area contributed by atoms with Crippen LogP contribution in [0.3, 0.4) is 0 Å². The Morgan fingerprint density at radius 3 is 2.36 bits per heavy atom. The van der Waals surface area contributed by atoms with Gasteiger partial charge in [0.05, 0.1) is 19.7 Å². The smallest absolute Gasteiger partial charge is 0.241 e. The van der Waals surface area contributed by atoms with Gasteiger partial charge in [-0.2, -0.15) is 0 Å². The number of likely N-dealkylation sites (tertiary alicyclic amines) is 1. The molecule has 25 heavy (non-hydrogen) atoms. The molecule has 0 bridgehead atoms. The van der Waals surface area contributed by atoms with Gasteiger partial charge in [-0.3, -0.25) is 9.59 Å². The number of amides is 2. The van der Waals surface area contributed by atoms with Crippen molar-refractivity contribution in [1.82, 2.24) is 10.2 Å². The van der Waals surface area contributed by atoms with Gasteiger partial charge >= 0.3 is 0 Å². The first-order chi connectivity index (χ1) is 11.9. The number of nitrogens with two attached hydrogens (primary N) is 1. The van der Waals surface area contributed by atoms with Crippen LogP contribution >= 0.6 is 0 Å². The second-order valence-electron chi connectivity index (χ2n) is 6.92. The third-order valence-corrected chi connectivity index (χ3v) is 4.87. The van der Waals surface area contributed by atoms with E-state index < -0.39 is 6.04 Å². The van der Waals surface area contributed by atoms with Crippen LogP contribution in [0, 0.1) is 5.92 Å². The number of benzene rings is 1. The van der Waals surface area contributed by atoms with Crippen LogP contribution < -0.4 is 15.8 Å². The summed E-state index contributed by atoms with van der Waals surface area (Å²) in [5.41, 5.74) is 7.06. The summed E-state index contributed by atoms with van der Waals surface area (Å²) < 4.78 is 5.19. The van der Waals surface area contributed by atoms with Crippen molar-refractivity contribution >= 4 is 11.8 Å². The highest BCUT2D eigenvalue weighted by Crippen LogP contribution is 2.29. The summed E-state index contributed by atoms with van der Waals surface area (Å²) in [6.45, 7) is 5.21. The number of carbonyl (C=O) groups is 2. The number of hydrogen-bond acceptors (Lipinski definition) is 4. The first-order valence-corrected chi connectivity index (χ1v) is 8.87. The Morgan fingerprint density at radius 1 is 1.24 bits per heavy atom. The highest BCUT2D eigenvalue weighted by atomic mass is 16.5. The van der Waals surface area contributed by atoms with Crippen LogP contribution in [0.5, 0.6) is 5.75 Å². The van der Waals surface area contributed by atoms with Gasteiger partial charge in [-0.05, 0) is 42.4 Å². The Morgan fingerprint density at radius 2 is 1.84 bits per heavy atom. The fourth-order valence-corrected chi connectivity index (χ4v) is 3.03. The first kappa shape index (κ1) is 19.2. The number of piperidine rings is 1. The summed E-state index contributed by atoms with van der Waals surface area (Å²) in [5.74, 6) is 1.05. The largest absolute Gasteiger partial charge is 0.497 e. The maximum atomic E-state index is 12.3. The van der Waals surface area contributed by atoms with Crippen molar-refractivity contribution in [3.05, 3.63) is 29.8 Å². The molecule has 1 fully saturated rings. The van der Waals surface area contributed by atoms with Crippen LogP contribution in [-0.2, 0) is 9.59 Å². The number of nitrogens with one attached hydrogen (secondary N) is 1. The Bertz CT molecular complexity index is 578. The number of ether oxygens (including phenoxy) is 1. The van der Waals surface area contributed by atoms with Crippen LogP contribution in [-0.4, -0.2) is 49.5 Å². The van der Waals surface area contributed by atoms with Gasteiger partial charge < -0.3 is 20.7 Å². The van der Waals surface area contributed by atoms with E-state index in [0.29, 0.717) is 19.0 Å². The number of hydrogen-bond donors (Lipinski definition) is 2. The second kappa shape index (κ2) is 8.85. The zero-order chi connectivity index (χ0) is 18.4. The van der Waals surface area contributed by atoms with Gasteiger partial charge in [0.25, 0.3) is 0 Å². The van der Waals surface area contributed by atoms with E-state index in [0.717, 1.165) is 18.6 Å². The van der Waals surface area contributed by atoms with E-state index in [1.54, 1.807) is 7.11 Å². The Balaban J connectivity index is 1.79. The number of carbonyl (C=O) groups excluding carboxylic acids is 2. The predicted molar refractivity (Wildman–Crippen MR) is 97.4 cm³/mol. The topological polar surface area (TPSA) is 84.7 Å². The van der Waals surface area contributed by atoms with E-state index in [1.807, 2.05) is 30.9 Å². The molecular formula is C19H29N3O3. The van der Waals surface area contributed by atoms with Crippen molar-refractivity contribution in [2.24, 2.45) is 11.7 Å². The van der Waals surface area contributed by atoms with Crippen molar-refractivity contribution in [2.75, 3.05) is 26.7 Å². The fourth-order valence-electron chi connectivity index (χ4n) is 3.03. The number of rotatable bonds is 6. The predicted octanol–water partition coefficient (Wildman–Crippen LogP) is 1.50. The quantitative estimate of drug-likeness (QED) is 0.817. The van der Waals surface area contributed by atoms with Crippen LogP contribution in [0.4, 0.5) is 0 Å². The molecule has 1 heterocycles. The Labute approximate surface area is 149 Å². The van der Waals surface area contributed by atoms with Crippen molar-refractivity contribution in [2.45, 2.75) is 38.6 Å². The maximum Gasteiger partial charge on any atom is 0.241 e. The highest BCUT2D eigenvalue weighted by molar-refractivity contribution is 5.87. The highest BCUT2D eigenvalue weighted by Gasteiger charge is 2.25. The molecule has 6 heteroatoms. The summed E-state index contributed by atoms with van der Waals surface area (Å²) in [7, 11) is 1.66. The molecule has 0 radical (unpaired) electrons. The summed E-state index contributed by atoms with van der Waals surface area (Å²) in [6, 6.07) is 7.55. The van der Waals surface area contributed by atoms with Crippen molar-refractivity contribution < 1.29 is 14.3 Å². The molecule has 1 aliphatic heterocycles. The van der Waals surface area contributed by atoms with Gasteiger partial charge in [-0.15, -0.1) is 0 Å². The number of nitrogens with zero attached hydrogens (tertiary/aromatic N) is 1. The van der Waals surface area contributed by atoms with Gasteiger partial charge in [-0.25, -0.2) is 0 Å². The molecule has 2 amide bonds. The van der Waals surface area contributed by atoms with Gasteiger partial charge in [0, 0.05) is 13.1 Å². The molecule has 1 atom stereocenters. The van der Waals surface area contributed by atoms with Crippen LogP contribution in [0.2, 0.25) is 0 Å². The lowest BCUT2D eigenvalue weighted by molar-refractivity contribution is -0.134. The lowest BCUT2D eigenvalue weighted by Crippen LogP contribution is -2.49. The van der Waals surface area contributed by atoms with Crippen molar-refractivity contribution in [3.63, 3.8) is 0 Å². The molecule has 1 aliphatic rings. The summed E-state index contributed by atoms with van der Waals surface area (Å²) >= 11 is 0. The van der Waals surface area contributed by atoms with Gasteiger partial charge in [0.15, 0.2) is 0 Å². The molecular weight excluding hydrogens is 318 g/mol. The third kappa shape index (κ3) is 5.19. The summed E-state index contributed by atoms with van der Waals surface area (Å²) in [6.07, 6.45) is 1.86. The standard InChI is InChI=1S/C19H29N3O3/c1-13(2)18(20)19(24)21-12-17(23)22-10-8-15(9-11-22)14-4-6-16(25-3)7-5-14/h4-7,13,15,18H,8-12,20H2,1-3H3,(H,21,24)/t18-/m0/s1. The van der Waals surface area contributed by atoms with E-state index in [-0.39, 0.29) is 24.3 Å². The maximum absolute atomic E-state index is 12.3. The SMILES string of the molecule is COc1ccc(C2CCN(C(=O)CNC(=O)[C@@H](N)C(C)C)CC2)cc1. The van der Waals surface area contributed by atoms with Crippen LogP contribution in [0.1, 0.15) is 38.2 Å². The van der Waals surface area contributed by atoms with E-state index in [2.05, 4.69) is 17.4 Å². The normalized spacial score (nSPS) is 16.6. The molecule has 1 aromatic rings. The van der Waals surface area contributed by atoms with E-state index in [4.69, 9.17) is 10.5 Å². The second-order valence-corrected chi connectivity index (χ2v) is 6.92. The minimum atomic E-state index is -0.575. The van der Waals surface area contributed by atoms with Crippen molar-refractivity contribution in [3.8, 4) is 5.75 Å². The lowest BCUT2D eigenvalue weighted by Gasteiger charge is -2.32. The molecule has 2 rings (SSSR count). The fraction of sp³-hybridized carbons (Fsp3) is 0.579. The molecule has 1 saturated heterocycles. The average molecular weight is 347 g/mol. The molecule has 0 unspecified atom stereocenters. The molecule has 138 valence electrons. The molecule has 0 aromatic heterocycles. The number of methoxy groups -OCH3 is 1. The van der Waals surface area contributed by atoms with E-state index in [9.17, 15) is 9.59 Å². The third-order valence-electron chi connectivity index (χ3n) is 4.87. The Kier molecular flexibility index (Phi) is 6.82. The molecule has 1 aromatic carbocycles. The zero-order valence-corrected chi connectivity index (χ0v) is 15.3. The van der Waals surface area contributed by atoms with Crippen LogP contribution in [0.15, 0.2) is 24.3 Å². The summed E-state index contributed by atoms with van der Waals surface area (Å²) in [4.78, 5) is 25.9. The molecule has 3 N–H and O–H groups in total. The molecule has 0 aliphatic carbocycles. The van der Waals surface area contributed by atoms with Gasteiger partial charge in [-0.1, -0.05) is 26.0 Å². The van der Waals surface area contributed by atoms with Crippen LogP contribution in [0.25, 0.3) is 0 Å². The van der Waals surface area contributed by atoms with Gasteiger partial charge in [0.2, 0.25) is 11.8 Å². The molecule has 6 nitrogen and oxygen atoms in total. The minimum absolute atomic E-state index is 0.0203. The minimum Gasteiger partial charge on any atom is -0.497 e. The average Bonchev–Trinajstić information content (AvgIpc) is 2.65. The summed E-state index contributed by atoms with van der Waals surface area (Å²) in [5, 5.41) is 2.65. The van der Waals surface area contributed by atoms with Gasteiger partial charge in [0.1, 0.15) is 5.75 Å². The van der Waals surface area contributed by atoms with E-state index >= 15 is 0 Å². The van der Waals surface area contributed by atoms with E-state index in [1.165, 1.54) is 5.56 Å². The Hall–Kier alpha value is -2.08. The monoisotopic (exact) mass is 347 g/mol. The van der Waals surface area contributed by atoms with Crippen molar-refractivity contribution in [1.29, 1.82) is 0 Å². The first-order valence-electron chi connectivity index (χ1n) is 8.87. The molecule has 0 saturated carbocycles.